The van der Waals surface area contributed by atoms with E-state index in [2.05, 4.69) is 31.0 Å². The highest BCUT2D eigenvalue weighted by Crippen LogP contribution is 2.26. The summed E-state index contributed by atoms with van der Waals surface area (Å²) in [5.41, 5.74) is 9.20. The van der Waals surface area contributed by atoms with Gasteiger partial charge in [-0.15, -0.1) is 0 Å². The first-order valence-electron chi connectivity index (χ1n) is 5.85. The smallest absolute Gasteiger partial charge is 0.0485 e. The Labute approximate surface area is 97.2 Å². The van der Waals surface area contributed by atoms with Crippen LogP contribution in [0.2, 0.25) is 0 Å². The number of benzene rings is 1. The third-order valence-electron chi connectivity index (χ3n) is 3.35. The van der Waals surface area contributed by atoms with Crippen molar-refractivity contribution in [2.75, 3.05) is 30.9 Å². The van der Waals surface area contributed by atoms with Gasteiger partial charge in [0, 0.05) is 37.7 Å². The van der Waals surface area contributed by atoms with Gasteiger partial charge >= 0.3 is 0 Å². The molecule has 0 unspecified atom stereocenters. The Morgan fingerprint density at radius 3 is 2.69 bits per heavy atom. The number of ether oxygens (including phenoxy) is 1. The molecule has 1 aliphatic rings. The first-order chi connectivity index (χ1) is 7.68. The number of hydrogen-bond donors (Lipinski definition) is 1. The molecule has 2 N–H and O–H groups in total. The molecule has 1 aliphatic heterocycles. The molecule has 0 aliphatic carbocycles. The number of nitrogens with zero attached hydrogens (tertiary/aromatic N) is 1. The number of aryl methyl sites for hydroxylation is 1. The van der Waals surface area contributed by atoms with Crippen LogP contribution in [0.15, 0.2) is 18.2 Å². The van der Waals surface area contributed by atoms with E-state index in [1.54, 1.807) is 0 Å². The van der Waals surface area contributed by atoms with Crippen molar-refractivity contribution in [3.63, 3.8) is 0 Å². The molecule has 1 fully saturated rings. The lowest BCUT2D eigenvalue weighted by Gasteiger charge is -2.34. The summed E-state index contributed by atoms with van der Waals surface area (Å²) in [7, 11) is 2.15. The summed E-state index contributed by atoms with van der Waals surface area (Å²) >= 11 is 0. The van der Waals surface area contributed by atoms with E-state index in [0.717, 1.165) is 31.7 Å². The van der Waals surface area contributed by atoms with E-state index in [4.69, 9.17) is 10.5 Å². The molecule has 0 saturated carbocycles. The van der Waals surface area contributed by atoms with E-state index in [9.17, 15) is 0 Å². The van der Waals surface area contributed by atoms with E-state index in [0.29, 0.717) is 6.04 Å². The fraction of sp³-hybridized carbons (Fsp3) is 0.538. The number of hydrogen-bond acceptors (Lipinski definition) is 3. The van der Waals surface area contributed by atoms with Crippen LogP contribution >= 0.6 is 0 Å². The molecule has 0 spiro atoms. The van der Waals surface area contributed by atoms with Crippen molar-refractivity contribution < 1.29 is 4.74 Å². The summed E-state index contributed by atoms with van der Waals surface area (Å²) in [6.07, 6.45) is 2.20. The molecule has 3 heteroatoms. The molecule has 0 aromatic heterocycles. The third-order valence-corrected chi connectivity index (χ3v) is 3.35. The van der Waals surface area contributed by atoms with Crippen LogP contribution in [0.1, 0.15) is 18.4 Å². The molecule has 0 radical (unpaired) electrons. The Morgan fingerprint density at radius 2 is 2.00 bits per heavy atom. The number of nitrogens with two attached hydrogens (primary N) is 1. The van der Waals surface area contributed by atoms with Gasteiger partial charge in [-0.1, -0.05) is 6.07 Å². The van der Waals surface area contributed by atoms with Crippen molar-refractivity contribution in [2.24, 2.45) is 0 Å². The van der Waals surface area contributed by atoms with Crippen LogP contribution in [0.25, 0.3) is 0 Å². The first-order valence-corrected chi connectivity index (χ1v) is 5.85. The molecule has 16 heavy (non-hydrogen) atoms. The lowest BCUT2D eigenvalue weighted by atomic mass is 10.1. The Hall–Kier alpha value is -1.22. The predicted octanol–water partition coefficient (Wildman–Crippen LogP) is 2.19. The van der Waals surface area contributed by atoms with Gasteiger partial charge in [-0.3, -0.25) is 0 Å². The molecular weight excluding hydrogens is 200 g/mol. The standard InChI is InChI=1S/C13H20N2O/c1-10-3-4-11(14)9-13(10)15(2)12-5-7-16-8-6-12/h3-4,9,12H,5-8,14H2,1-2H3. The summed E-state index contributed by atoms with van der Waals surface area (Å²) in [5.74, 6) is 0. The zero-order valence-electron chi connectivity index (χ0n) is 10.1. The number of rotatable bonds is 2. The van der Waals surface area contributed by atoms with Gasteiger partial charge in [0.1, 0.15) is 0 Å². The second-order valence-corrected chi connectivity index (χ2v) is 4.50. The largest absolute Gasteiger partial charge is 0.399 e. The van der Waals surface area contributed by atoms with Crippen molar-refractivity contribution in [1.29, 1.82) is 0 Å². The van der Waals surface area contributed by atoms with E-state index in [-0.39, 0.29) is 0 Å². The van der Waals surface area contributed by atoms with Crippen LogP contribution < -0.4 is 10.6 Å². The molecule has 88 valence electrons. The maximum atomic E-state index is 5.84. The van der Waals surface area contributed by atoms with Gasteiger partial charge in [-0.25, -0.2) is 0 Å². The number of nitrogen functional groups attached to an aromatic ring is 1. The average Bonchev–Trinajstić information content (AvgIpc) is 2.32. The van der Waals surface area contributed by atoms with Crippen molar-refractivity contribution in [3.8, 4) is 0 Å². The SMILES string of the molecule is Cc1ccc(N)cc1N(C)C1CCOCC1. The highest BCUT2D eigenvalue weighted by molar-refractivity contribution is 5.61. The summed E-state index contributed by atoms with van der Waals surface area (Å²) in [5, 5.41) is 0. The zero-order chi connectivity index (χ0) is 11.5. The highest BCUT2D eigenvalue weighted by Gasteiger charge is 2.19. The van der Waals surface area contributed by atoms with Crippen LogP contribution in [0.3, 0.4) is 0 Å². The topological polar surface area (TPSA) is 38.5 Å². The summed E-state index contributed by atoms with van der Waals surface area (Å²) in [6.45, 7) is 3.87. The highest BCUT2D eigenvalue weighted by atomic mass is 16.5. The summed E-state index contributed by atoms with van der Waals surface area (Å²) in [4.78, 5) is 2.34. The van der Waals surface area contributed by atoms with Crippen molar-refractivity contribution in [3.05, 3.63) is 23.8 Å². The molecule has 1 aromatic carbocycles. The lowest BCUT2D eigenvalue weighted by Crippen LogP contribution is -2.37. The second-order valence-electron chi connectivity index (χ2n) is 4.50. The lowest BCUT2D eigenvalue weighted by molar-refractivity contribution is 0.0855. The van der Waals surface area contributed by atoms with Gasteiger partial charge in [0.25, 0.3) is 0 Å². The Balaban J connectivity index is 2.18. The van der Waals surface area contributed by atoms with Crippen LogP contribution in [-0.2, 0) is 4.74 Å². The van der Waals surface area contributed by atoms with Gasteiger partial charge < -0.3 is 15.4 Å². The first kappa shape index (κ1) is 11.3. The van der Waals surface area contributed by atoms with E-state index in [1.807, 2.05) is 6.07 Å². The van der Waals surface area contributed by atoms with Gasteiger partial charge in [0.05, 0.1) is 0 Å². The zero-order valence-corrected chi connectivity index (χ0v) is 10.1. The third kappa shape index (κ3) is 2.30. The minimum absolute atomic E-state index is 0.578. The maximum absolute atomic E-state index is 5.84. The molecular formula is C13H20N2O. The van der Waals surface area contributed by atoms with Gasteiger partial charge in [-0.05, 0) is 37.5 Å². The maximum Gasteiger partial charge on any atom is 0.0485 e. The summed E-state index contributed by atoms with van der Waals surface area (Å²) < 4.78 is 5.39. The van der Waals surface area contributed by atoms with Gasteiger partial charge in [0.15, 0.2) is 0 Å². The van der Waals surface area contributed by atoms with Crippen LogP contribution in [-0.4, -0.2) is 26.3 Å². The van der Waals surface area contributed by atoms with Gasteiger partial charge in [-0.2, -0.15) is 0 Å². The van der Waals surface area contributed by atoms with Gasteiger partial charge in [0.2, 0.25) is 0 Å². The van der Waals surface area contributed by atoms with Crippen molar-refractivity contribution >= 4 is 11.4 Å². The molecule has 1 heterocycles. The van der Waals surface area contributed by atoms with Crippen molar-refractivity contribution in [2.45, 2.75) is 25.8 Å². The van der Waals surface area contributed by atoms with Crippen LogP contribution in [0.4, 0.5) is 11.4 Å². The molecule has 2 rings (SSSR count). The number of anilines is 2. The Bertz CT molecular complexity index is 359. The fourth-order valence-electron chi connectivity index (χ4n) is 2.28. The Kier molecular flexibility index (Phi) is 3.34. The van der Waals surface area contributed by atoms with Crippen LogP contribution in [0.5, 0.6) is 0 Å². The molecule has 0 atom stereocenters. The second kappa shape index (κ2) is 4.74. The molecule has 0 amide bonds. The average molecular weight is 220 g/mol. The van der Waals surface area contributed by atoms with E-state index < -0.39 is 0 Å². The normalized spacial score (nSPS) is 17.4. The summed E-state index contributed by atoms with van der Waals surface area (Å²) in [6, 6.07) is 6.68. The quantitative estimate of drug-likeness (QED) is 0.776. The predicted molar refractivity (Wildman–Crippen MR) is 67.8 cm³/mol. The van der Waals surface area contributed by atoms with E-state index >= 15 is 0 Å². The minimum Gasteiger partial charge on any atom is -0.399 e. The minimum atomic E-state index is 0.578. The molecule has 3 nitrogen and oxygen atoms in total. The monoisotopic (exact) mass is 220 g/mol. The van der Waals surface area contributed by atoms with Crippen LogP contribution in [0, 0.1) is 6.92 Å². The Morgan fingerprint density at radius 1 is 1.31 bits per heavy atom. The molecule has 1 aromatic rings. The molecule has 1 saturated heterocycles. The van der Waals surface area contributed by atoms with Crippen molar-refractivity contribution in [1.82, 2.24) is 0 Å². The van der Waals surface area contributed by atoms with E-state index in [1.165, 1.54) is 11.3 Å². The fourth-order valence-corrected chi connectivity index (χ4v) is 2.28. The molecule has 0 bridgehead atoms.